The largest absolute Gasteiger partial charge is 0.481 e. The number of hydrogen-bond acceptors (Lipinski definition) is 13. The molecule has 16 nitrogen and oxygen atoms in total. The second kappa shape index (κ2) is 28.9. The first-order chi connectivity index (χ1) is 31.4. The first-order valence-electron chi connectivity index (χ1n) is 24.1. The first-order valence-corrected chi connectivity index (χ1v) is 25.0. The maximum absolute atomic E-state index is 15.1. The lowest BCUT2D eigenvalue weighted by Gasteiger charge is -2.40. The summed E-state index contributed by atoms with van der Waals surface area (Å²) in [4.78, 5) is 76.9. The molecule has 1 aromatic carbocycles. The second-order valence-electron chi connectivity index (χ2n) is 18.8. The highest BCUT2D eigenvalue weighted by molar-refractivity contribution is 7.09. The molecule has 0 unspecified atom stereocenters. The van der Waals surface area contributed by atoms with Gasteiger partial charge in [0.1, 0.15) is 16.7 Å². The Bertz CT molecular complexity index is 1790. The summed E-state index contributed by atoms with van der Waals surface area (Å²) in [7, 11) is 0. The number of carbonyl (C=O) groups is 5. The predicted molar refractivity (Wildman–Crippen MR) is 259 cm³/mol. The number of piperidine rings is 1. The number of likely N-dealkylation sites (tertiary alicyclic amines) is 1. The van der Waals surface area contributed by atoms with Crippen LogP contribution in [0.4, 0.5) is 5.69 Å². The molecular formula is C49H81N7O9S. The van der Waals surface area contributed by atoms with Gasteiger partial charge in [0.2, 0.25) is 11.8 Å². The van der Waals surface area contributed by atoms with Gasteiger partial charge in [0.25, 0.3) is 5.91 Å². The van der Waals surface area contributed by atoms with Crippen LogP contribution in [0.15, 0.2) is 29.6 Å². The van der Waals surface area contributed by atoms with Gasteiger partial charge < -0.3 is 46.3 Å². The topological polar surface area (TPSA) is 229 Å². The zero-order chi connectivity index (χ0) is 48.8. The lowest BCUT2D eigenvalue weighted by Crippen LogP contribution is -2.59. The molecule has 17 heteroatoms. The van der Waals surface area contributed by atoms with Crippen molar-refractivity contribution in [3.8, 4) is 0 Å². The molecule has 1 saturated heterocycles. The van der Waals surface area contributed by atoms with Crippen LogP contribution < -0.4 is 22.1 Å². The van der Waals surface area contributed by atoms with E-state index in [4.69, 9.17) is 30.7 Å². The Morgan fingerprint density at radius 3 is 2.30 bits per heavy atom. The van der Waals surface area contributed by atoms with Crippen LogP contribution in [0, 0.1) is 17.3 Å². The van der Waals surface area contributed by atoms with Crippen LogP contribution in [0.3, 0.4) is 0 Å². The van der Waals surface area contributed by atoms with E-state index in [1.807, 2.05) is 44.7 Å². The second-order valence-corrected chi connectivity index (χ2v) is 19.6. The summed E-state index contributed by atoms with van der Waals surface area (Å²) >= 11 is 1.19. The number of unbranched alkanes of at least 4 members (excludes halogenated alkanes) is 3. The van der Waals surface area contributed by atoms with E-state index in [9.17, 15) is 24.3 Å². The number of aliphatic carboxylic acids is 1. The minimum atomic E-state index is -1.13. The van der Waals surface area contributed by atoms with Gasteiger partial charge in [-0.1, -0.05) is 78.9 Å². The van der Waals surface area contributed by atoms with Crippen LogP contribution in [0.1, 0.15) is 147 Å². The van der Waals surface area contributed by atoms with Gasteiger partial charge in [-0.25, -0.2) is 4.98 Å². The number of nitrogens with two attached hydrogens (primary N) is 2. The van der Waals surface area contributed by atoms with E-state index in [2.05, 4.69) is 22.5 Å². The standard InChI is InChI=1S/C49H81N7O9S/c1-9-11-12-14-23-56(47(60)43(34(5)10-2)54-45(59)40-16-13-15-22-55(40)24-26-64-28-27-63-25-21-50)41(33(3)4)30-42(65-35(6)57)46-53-39(32-66-46)44(58)52-38(31-49(7,8)48(61)62)29-36-17-19-37(51)20-18-36/h17-20,32-34,38,40-43H,9-16,21-31,50-51H2,1-8H3,(H,52,58)(H,54,59)(H,61,62)/t34-,38-,40+,41+,42+,43-/m0/s1. The maximum Gasteiger partial charge on any atom is 0.309 e. The van der Waals surface area contributed by atoms with Crippen molar-refractivity contribution in [2.24, 2.45) is 23.0 Å². The Kier molecular flexibility index (Phi) is 24.6. The van der Waals surface area contributed by atoms with Gasteiger partial charge in [-0.2, -0.15) is 0 Å². The lowest BCUT2D eigenvalue weighted by molar-refractivity contribution is -0.150. The van der Waals surface area contributed by atoms with Crippen molar-refractivity contribution in [2.75, 3.05) is 58.3 Å². The molecule has 1 aliphatic rings. The number of thiazole rings is 1. The van der Waals surface area contributed by atoms with E-state index in [1.54, 1.807) is 31.4 Å². The number of carbonyl (C=O) groups excluding carboxylic acids is 4. The third-order valence-electron chi connectivity index (χ3n) is 12.5. The zero-order valence-corrected chi connectivity index (χ0v) is 41.8. The molecule has 7 N–H and O–H groups in total. The molecule has 0 saturated carbocycles. The van der Waals surface area contributed by atoms with Gasteiger partial charge in [0.05, 0.1) is 37.9 Å². The van der Waals surface area contributed by atoms with E-state index in [0.29, 0.717) is 76.0 Å². The smallest absolute Gasteiger partial charge is 0.309 e. The molecule has 1 aliphatic heterocycles. The number of nitrogens with one attached hydrogen (secondary N) is 2. The number of amides is 3. The fourth-order valence-corrected chi connectivity index (χ4v) is 9.23. The van der Waals surface area contributed by atoms with Crippen LogP contribution >= 0.6 is 11.3 Å². The number of hydrogen-bond donors (Lipinski definition) is 5. The molecule has 6 atom stereocenters. The quantitative estimate of drug-likeness (QED) is 0.0315. The van der Waals surface area contributed by atoms with Crippen molar-refractivity contribution < 1.29 is 43.3 Å². The molecule has 0 aliphatic carbocycles. The van der Waals surface area contributed by atoms with Gasteiger partial charge in [0, 0.05) is 56.1 Å². The molecular weight excluding hydrogens is 863 g/mol. The molecule has 0 bridgehead atoms. The summed E-state index contributed by atoms with van der Waals surface area (Å²) in [5.74, 6) is -2.60. The normalized spacial score (nSPS) is 16.8. The molecule has 2 heterocycles. The summed E-state index contributed by atoms with van der Waals surface area (Å²) in [6, 6.07) is 5.07. The van der Waals surface area contributed by atoms with Crippen LogP contribution in [0.25, 0.3) is 0 Å². The van der Waals surface area contributed by atoms with E-state index in [-0.39, 0.29) is 42.2 Å². The Labute approximate surface area is 397 Å². The van der Waals surface area contributed by atoms with Crippen molar-refractivity contribution >= 4 is 46.7 Å². The number of ether oxygens (including phenoxy) is 3. The number of rotatable bonds is 31. The van der Waals surface area contributed by atoms with Crippen molar-refractivity contribution in [1.29, 1.82) is 0 Å². The maximum atomic E-state index is 15.1. The number of anilines is 1. The van der Waals surface area contributed by atoms with E-state index < -0.39 is 53.5 Å². The fourth-order valence-electron chi connectivity index (χ4n) is 8.40. The van der Waals surface area contributed by atoms with Gasteiger partial charge in [0.15, 0.2) is 6.10 Å². The summed E-state index contributed by atoms with van der Waals surface area (Å²) in [5.41, 5.74) is 11.9. The molecule has 372 valence electrons. The number of esters is 1. The molecule has 0 spiro atoms. The van der Waals surface area contributed by atoms with Gasteiger partial charge in [-0.05, 0) is 82.0 Å². The van der Waals surface area contributed by atoms with Crippen molar-refractivity contribution in [3.63, 3.8) is 0 Å². The molecule has 2 aromatic rings. The highest BCUT2D eigenvalue weighted by Gasteiger charge is 2.39. The van der Waals surface area contributed by atoms with E-state index >= 15 is 4.79 Å². The third kappa shape index (κ3) is 18.5. The van der Waals surface area contributed by atoms with Crippen LogP contribution in [-0.2, 0) is 39.8 Å². The Hall–Kier alpha value is -4.16. The summed E-state index contributed by atoms with van der Waals surface area (Å²) in [6.07, 6.45) is 6.80. The minimum Gasteiger partial charge on any atom is -0.481 e. The number of nitrogens with zero attached hydrogens (tertiary/aromatic N) is 3. The Morgan fingerprint density at radius 2 is 1.68 bits per heavy atom. The molecule has 3 rings (SSSR count). The van der Waals surface area contributed by atoms with Gasteiger partial charge in [-0.3, -0.25) is 28.9 Å². The van der Waals surface area contributed by atoms with Crippen LogP contribution in [0.5, 0.6) is 0 Å². The van der Waals surface area contributed by atoms with Crippen molar-refractivity contribution in [2.45, 2.75) is 156 Å². The van der Waals surface area contributed by atoms with Crippen LogP contribution in [0.2, 0.25) is 0 Å². The third-order valence-corrected chi connectivity index (χ3v) is 13.4. The van der Waals surface area contributed by atoms with Crippen LogP contribution in [-0.4, -0.2) is 126 Å². The summed E-state index contributed by atoms with van der Waals surface area (Å²) in [5, 5.41) is 18.2. The number of carboxylic acids is 1. The SMILES string of the molecule is CCCCCCN(C(=O)[C@@H](NC(=O)[C@H]1CCCCN1CCOCCOCCN)[C@@H](C)CC)[C@H](C[C@@H](OC(C)=O)c1nc(C(=O)N[C@@H](Cc2ccc(N)cc2)CC(C)(C)C(=O)O)cs1)C(C)C. The lowest BCUT2D eigenvalue weighted by atomic mass is 9.84. The Balaban J connectivity index is 1.90. The monoisotopic (exact) mass is 944 g/mol. The molecule has 1 aromatic heterocycles. The van der Waals surface area contributed by atoms with Gasteiger partial charge in [-0.15, -0.1) is 11.3 Å². The number of nitrogen functional groups attached to an aromatic ring is 1. The number of aromatic nitrogens is 1. The van der Waals surface area contributed by atoms with E-state index in [0.717, 1.165) is 50.6 Å². The minimum absolute atomic E-state index is 0.0876. The average molecular weight is 944 g/mol. The number of benzene rings is 1. The first kappa shape index (κ1) is 56.2. The highest BCUT2D eigenvalue weighted by atomic mass is 32.1. The van der Waals surface area contributed by atoms with E-state index in [1.165, 1.54) is 18.3 Å². The predicted octanol–water partition coefficient (Wildman–Crippen LogP) is 6.37. The Morgan fingerprint density at radius 1 is 0.985 bits per heavy atom. The highest BCUT2D eigenvalue weighted by Crippen LogP contribution is 2.32. The molecule has 3 amide bonds. The summed E-state index contributed by atoms with van der Waals surface area (Å²) in [6.45, 7) is 18.9. The molecule has 66 heavy (non-hydrogen) atoms. The molecule has 0 radical (unpaired) electrons. The number of carboxylic acid groups (broad SMARTS) is 1. The van der Waals surface area contributed by atoms with Gasteiger partial charge >= 0.3 is 11.9 Å². The van der Waals surface area contributed by atoms with Crippen molar-refractivity contribution in [1.82, 2.24) is 25.4 Å². The zero-order valence-electron chi connectivity index (χ0n) is 41.0. The average Bonchev–Trinajstić information content (AvgIpc) is 3.78. The molecule has 1 fully saturated rings. The van der Waals surface area contributed by atoms with Crippen molar-refractivity contribution in [3.05, 3.63) is 45.9 Å². The summed E-state index contributed by atoms with van der Waals surface area (Å²) < 4.78 is 17.2. The fraction of sp³-hybridized carbons (Fsp3) is 0.714.